The predicted molar refractivity (Wildman–Crippen MR) is 72.5 cm³/mol. The van der Waals surface area contributed by atoms with Gasteiger partial charge in [-0.3, -0.25) is 0 Å². The third-order valence-electron chi connectivity index (χ3n) is 2.34. The summed E-state index contributed by atoms with van der Waals surface area (Å²) < 4.78 is 0. The van der Waals surface area contributed by atoms with E-state index in [2.05, 4.69) is 17.5 Å². The van der Waals surface area contributed by atoms with E-state index >= 15 is 0 Å². The van der Waals surface area contributed by atoms with E-state index in [4.69, 9.17) is 22.1 Å². The smallest absolute Gasteiger partial charge is 0.101 e. The number of anilines is 1. The number of thiophene rings is 1. The van der Waals surface area contributed by atoms with Gasteiger partial charge in [0.1, 0.15) is 12.1 Å². The fourth-order valence-electron chi connectivity index (χ4n) is 1.47. The maximum absolute atomic E-state index is 8.98. The van der Waals surface area contributed by atoms with Crippen LogP contribution in [-0.2, 0) is 6.54 Å². The first kappa shape index (κ1) is 12.4. The van der Waals surface area contributed by atoms with Crippen LogP contribution in [0.2, 0.25) is 5.02 Å². The molecule has 18 heavy (non-hydrogen) atoms. The predicted octanol–water partition coefficient (Wildman–Crippen LogP) is 3.76. The summed E-state index contributed by atoms with van der Waals surface area (Å²) in [5.74, 6) is 0. The first-order chi connectivity index (χ1) is 8.72. The van der Waals surface area contributed by atoms with Crippen molar-refractivity contribution in [2.45, 2.75) is 6.54 Å². The summed E-state index contributed by atoms with van der Waals surface area (Å²) in [5.41, 5.74) is 1.91. The van der Waals surface area contributed by atoms with E-state index in [-0.39, 0.29) is 0 Å². The highest BCUT2D eigenvalue weighted by molar-refractivity contribution is 7.10. The van der Waals surface area contributed by atoms with E-state index in [1.807, 2.05) is 6.07 Å². The third-order valence-corrected chi connectivity index (χ3v) is 3.51. The van der Waals surface area contributed by atoms with Crippen molar-refractivity contribution in [3.05, 3.63) is 50.7 Å². The normalized spacial score (nSPS) is 9.50. The third kappa shape index (κ3) is 2.81. The van der Waals surface area contributed by atoms with Crippen LogP contribution in [-0.4, -0.2) is 0 Å². The highest BCUT2D eigenvalue weighted by Gasteiger charge is 2.04. The van der Waals surface area contributed by atoms with Crippen LogP contribution < -0.4 is 5.32 Å². The molecule has 1 aromatic carbocycles. The second-order valence-electron chi connectivity index (χ2n) is 3.57. The van der Waals surface area contributed by atoms with Crippen molar-refractivity contribution in [3.8, 4) is 12.1 Å². The summed E-state index contributed by atoms with van der Waals surface area (Å²) >= 11 is 7.40. The number of nitrogens with zero attached hydrogens (tertiary/aromatic N) is 2. The van der Waals surface area contributed by atoms with Crippen LogP contribution in [0.5, 0.6) is 0 Å². The Morgan fingerprint density at radius 1 is 1.22 bits per heavy atom. The number of hydrogen-bond donors (Lipinski definition) is 1. The number of hydrogen-bond acceptors (Lipinski definition) is 4. The Bertz CT molecular complexity index is 649. The molecule has 5 heteroatoms. The number of benzene rings is 1. The topological polar surface area (TPSA) is 59.6 Å². The molecule has 88 valence electrons. The average Bonchev–Trinajstić information content (AvgIpc) is 2.84. The molecule has 0 atom stereocenters. The Morgan fingerprint density at radius 2 is 2.06 bits per heavy atom. The van der Waals surface area contributed by atoms with Crippen LogP contribution in [0.1, 0.15) is 16.0 Å². The fourth-order valence-corrected chi connectivity index (χ4v) is 2.40. The lowest BCUT2D eigenvalue weighted by atomic mass is 10.2. The molecule has 0 unspecified atom stereocenters. The van der Waals surface area contributed by atoms with Gasteiger partial charge in [0.2, 0.25) is 0 Å². The summed E-state index contributed by atoms with van der Waals surface area (Å²) in [4.78, 5) is 1.04. The monoisotopic (exact) mass is 273 g/mol. The molecule has 0 amide bonds. The highest BCUT2D eigenvalue weighted by atomic mass is 35.5. The standard InChI is InChI=1S/C13H8ClN3S/c14-11-2-1-10(6-16)13(4-11)17-7-12-3-9(5-15)8-18-12/h1-4,8,17H,7H2. The van der Waals surface area contributed by atoms with E-state index in [0.717, 1.165) is 4.88 Å². The number of halogens is 1. The molecule has 2 aromatic rings. The van der Waals surface area contributed by atoms with Crippen LogP contribution in [0.3, 0.4) is 0 Å². The van der Waals surface area contributed by atoms with E-state index in [1.165, 1.54) is 11.3 Å². The zero-order valence-corrected chi connectivity index (χ0v) is 10.8. The van der Waals surface area contributed by atoms with Crippen molar-refractivity contribution in [3.63, 3.8) is 0 Å². The fraction of sp³-hybridized carbons (Fsp3) is 0.0769. The molecule has 0 saturated heterocycles. The molecular weight excluding hydrogens is 266 g/mol. The molecule has 0 fully saturated rings. The SMILES string of the molecule is N#Cc1csc(CNc2cc(Cl)ccc2C#N)c1. The Kier molecular flexibility index (Phi) is 3.84. The van der Waals surface area contributed by atoms with Gasteiger partial charge in [-0.15, -0.1) is 11.3 Å². The Hall–Kier alpha value is -2.01. The molecule has 0 spiro atoms. The van der Waals surface area contributed by atoms with Crippen LogP contribution in [0.4, 0.5) is 5.69 Å². The van der Waals surface area contributed by atoms with Gasteiger partial charge >= 0.3 is 0 Å². The summed E-state index contributed by atoms with van der Waals surface area (Å²) in [6, 6.07) is 11.1. The van der Waals surface area contributed by atoms with Gasteiger partial charge in [-0.25, -0.2) is 0 Å². The molecule has 0 radical (unpaired) electrons. The van der Waals surface area contributed by atoms with Gasteiger partial charge in [0, 0.05) is 21.8 Å². The first-order valence-corrected chi connectivity index (χ1v) is 6.39. The second kappa shape index (κ2) is 5.55. The van der Waals surface area contributed by atoms with Crippen molar-refractivity contribution in [1.29, 1.82) is 10.5 Å². The van der Waals surface area contributed by atoms with Crippen molar-refractivity contribution in [1.82, 2.24) is 0 Å². The summed E-state index contributed by atoms with van der Waals surface area (Å²) in [6.45, 7) is 0.571. The maximum atomic E-state index is 8.98. The van der Waals surface area contributed by atoms with Crippen molar-refractivity contribution < 1.29 is 0 Å². The molecule has 1 heterocycles. The molecule has 0 bridgehead atoms. The van der Waals surface area contributed by atoms with Crippen LogP contribution in [0, 0.1) is 22.7 Å². The summed E-state index contributed by atoms with van der Waals surface area (Å²) in [7, 11) is 0. The molecule has 0 aliphatic carbocycles. The minimum atomic E-state index is 0.552. The summed E-state index contributed by atoms with van der Waals surface area (Å²) in [6.07, 6.45) is 0. The molecule has 1 N–H and O–H groups in total. The minimum absolute atomic E-state index is 0.552. The van der Waals surface area contributed by atoms with E-state index < -0.39 is 0 Å². The number of rotatable bonds is 3. The van der Waals surface area contributed by atoms with Crippen LogP contribution in [0.25, 0.3) is 0 Å². The van der Waals surface area contributed by atoms with Crippen LogP contribution in [0.15, 0.2) is 29.6 Å². The first-order valence-electron chi connectivity index (χ1n) is 5.14. The largest absolute Gasteiger partial charge is 0.379 e. The maximum Gasteiger partial charge on any atom is 0.101 e. The van der Waals surface area contributed by atoms with Gasteiger partial charge in [0.25, 0.3) is 0 Å². The Morgan fingerprint density at radius 3 is 2.72 bits per heavy atom. The molecular formula is C13H8ClN3S. The molecule has 0 saturated carbocycles. The van der Waals surface area contributed by atoms with E-state index in [0.29, 0.717) is 28.4 Å². The van der Waals surface area contributed by atoms with Crippen molar-refractivity contribution in [2.24, 2.45) is 0 Å². The van der Waals surface area contributed by atoms with Crippen molar-refractivity contribution in [2.75, 3.05) is 5.32 Å². The highest BCUT2D eigenvalue weighted by Crippen LogP contribution is 2.22. The van der Waals surface area contributed by atoms with Gasteiger partial charge < -0.3 is 5.32 Å². The van der Waals surface area contributed by atoms with E-state index in [1.54, 1.807) is 23.6 Å². The zero-order chi connectivity index (χ0) is 13.0. The lowest BCUT2D eigenvalue weighted by Gasteiger charge is -2.07. The van der Waals surface area contributed by atoms with Gasteiger partial charge in [-0.1, -0.05) is 11.6 Å². The lowest BCUT2D eigenvalue weighted by molar-refractivity contribution is 1.19. The zero-order valence-electron chi connectivity index (χ0n) is 9.27. The Labute approximate surface area is 114 Å². The van der Waals surface area contributed by atoms with Gasteiger partial charge in [0.15, 0.2) is 0 Å². The van der Waals surface area contributed by atoms with Gasteiger partial charge in [0.05, 0.1) is 16.8 Å². The molecule has 1 aromatic heterocycles. The molecule has 0 aliphatic rings. The average molecular weight is 274 g/mol. The van der Waals surface area contributed by atoms with Gasteiger partial charge in [-0.2, -0.15) is 10.5 Å². The Balaban J connectivity index is 2.13. The lowest BCUT2D eigenvalue weighted by Crippen LogP contribution is -1.99. The van der Waals surface area contributed by atoms with Crippen molar-refractivity contribution >= 4 is 28.6 Å². The number of nitrogens with one attached hydrogen (secondary N) is 1. The molecule has 0 aliphatic heterocycles. The van der Waals surface area contributed by atoms with E-state index in [9.17, 15) is 0 Å². The number of nitriles is 2. The summed E-state index contributed by atoms with van der Waals surface area (Å²) in [5, 5.41) is 23.2. The minimum Gasteiger partial charge on any atom is -0.379 e. The van der Waals surface area contributed by atoms with Crippen LogP contribution >= 0.6 is 22.9 Å². The van der Waals surface area contributed by atoms with Gasteiger partial charge in [-0.05, 0) is 24.3 Å². The molecule has 3 nitrogen and oxygen atoms in total. The second-order valence-corrected chi connectivity index (χ2v) is 5.00. The molecule has 2 rings (SSSR count). The quantitative estimate of drug-likeness (QED) is 0.926.